The minimum Gasteiger partial charge on any atom is -0.374 e. The summed E-state index contributed by atoms with van der Waals surface area (Å²) >= 11 is 0. The van der Waals surface area contributed by atoms with Crippen LogP contribution < -0.4 is 0 Å². The smallest absolute Gasteiger partial charge is 0.0736 e. The topological polar surface area (TPSA) is 12.5 Å². The lowest BCUT2D eigenvalue weighted by Crippen LogP contribution is -2.49. The molecule has 1 spiro atoms. The average Bonchev–Trinajstić information content (AvgIpc) is 2.58. The lowest BCUT2D eigenvalue weighted by Gasteiger charge is -2.43. The van der Waals surface area contributed by atoms with E-state index in [1.807, 2.05) is 0 Å². The number of likely N-dealkylation sites (tertiary alicyclic amines) is 1. The summed E-state index contributed by atoms with van der Waals surface area (Å²) in [5, 5.41) is 0. The van der Waals surface area contributed by atoms with Crippen LogP contribution in [-0.4, -0.2) is 36.2 Å². The van der Waals surface area contributed by atoms with Gasteiger partial charge in [-0.25, -0.2) is 0 Å². The van der Waals surface area contributed by atoms with Crippen LogP contribution in [0.2, 0.25) is 0 Å². The zero-order valence-electron chi connectivity index (χ0n) is 12.2. The van der Waals surface area contributed by atoms with Crippen LogP contribution in [0.5, 0.6) is 0 Å². The standard InChI is InChI=1S/C15H29NO/c1-11(2)14-10-17-15(13(14)5)6-8-16(9-7-15)12(3)4/h11-14H,6-10H2,1-5H3. The van der Waals surface area contributed by atoms with Gasteiger partial charge in [-0.3, -0.25) is 0 Å². The molecule has 0 aromatic rings. The van der Waals surface area contributed by atoms with Gasteiger partial charge < -0.3 is 9.64 Å². The number of hydrogen-bond donors (Lipinski definition) is 0. The lowest BCUT2D eigenvalue weighted by molar-refractivity contribution is -0.0675. The first kappa shape index (κ1) is 13.4. The molecule has 2 nitrogen and oxygen atoms in total. The highest BCUT2D eigenvalue weighted by Crippen LogP contribution is 2.45. The quantitative estimate of drug-likeness (QED) is 0.734. The maximum Gasteiger partial charge on any atom is 0.0736 e. The summed E-state index contributed by atoms with van der Waals surface area (Å²) in [5.41, 5.74) is 0.209. The second-order valence-corrected chi connectivity index (χ2v) is 6.70. The Kier molecular flexibility index (Phi) is 3.84. The highest BCUT2D eigenvalue weighted by Gasteiger charge is 2.49. The van der Waals surface area contributed by atoms with Crippen molar-refractivity contribution < 1.29 is 4.74 Å². The summed E-state index contributed by atoms with van der Waals surface area (Å²) in [6.07, 6.45) is 2.46. The normalized spacial score (nSPS) is 34.1. The molecule has 2 atom stereocenters. The molecule has 0 radical (unpaired) electrons. The fourth-order valence-corrected chi connectivity index (χ4v) is 3.72. The van der Waals surface area contributed by atoms with Crippen LogP contribution in [0.25, 0.3) is 0 Å². The molecular weight excluding hydrogens is 210 g/mol. The van der Waals surface area contributed by atoms with Gasteiger partial charge in [0.05, 0.1) is 12.2 Å². The van der Waals surface area contributed by atoms with Crippen molar-refractivity contribution in [1.29, 1.82) is 0 Å². The Balaban J connectivity index is 1.99. The van der Waals surface area contributed by atoms with Crippen LogP contribution in [0.15, 0.2) is 0 Å². The van der Waals surface area contributed by atoms with E-state index in [1.54, 1.807) is 0 Å². The average molecular weight is 239 g/mol. The van der Waals surface area contributed by atoms with Crippen molar-refractivity contribution in [2.24, 2.45) is 17.8 Å². The molecular formula is C15H29NO. The molecule has 2 unspecified atom stereocenters. The molecule has 2 saturated heterocycles. The van der Waals surface area contributed by atoms with Crippen molar-refractivity contribution in [3.05, 3.63) is 0 Å². The molecule has 0 aromatic heterocycles. The number of rotatable bonds is 2. The Morgan fingerprint density at radius 2 is 1.71 bits per heavy atom. The lowest BCUT2D eigenvalue weighted by atomic mass is 9.73. The Bertz CT molecular complexity index is 254. The molecule has 0 N–H and O–H groups in total. The first-order chi connectivity index (χ1) is 7.96. The molecule has 17 heavy (non-hydrogen) atoms. The Labute approximate surface area is 107 Å². The molecule has 100 valence electrons. The molecule has 0 amide bonds. The van der Waals surface area contributed by atoms with Crippen LogP contribution in [-0.2, 0) is 4.74 Å². The number of piperidine rings is 1. The third-order valence-electron chi connectivity index (χ3n) is 5.27. The van der Waals surface area contributed by atoms with Crippen molar-refractivity contribution in [3.8, 4) is 0 Å². The predicted molar refractivity (Wildman–Crippen MR) is 72.1 cm³/mol. The van der Waals surface area contributed by atoms with Crippen molar-refractivity contribution in [1.82, 2.24) is 4.90 Å². The fourth-order valence-electron chi connectivity index (χ4n) is 3.72. The highest BCUT2D eigenvalue weighted by molar-refractivity contribution is 4.99. The fraction of sp³-hybridized carbons (Fsp3) is 1.00. The van der Waals surface area contributed by atoms with Crippen molar-refractivity contribution in [2.45, 2.75) is 59.1 Å². The number of hydrogen-bond acceptors (Lipinski definition) is 2. The summed E-state index contributed by atoms with van der Waals surface area (Å²) < 4.78 is 6.27. The zero-order valence-corrected chi connectivity index (χ0v) is 12.2. The van der Waals surface area contributed by atoms with E-state index < -0.39 is 0 Å². The first-order valence-electron chi connectivity index (χ1n) is 7.34. The zero-order chi connectivity index (χ0) is 12.6. The molecule has 2 heteroatoms. The van der Waals surface area contributed by atoms with E-state index in [0.717, 1.165) is 24.4 Å². The predicted octanol–water partition coefficient (Wildman–Crippen LogP) is 3.17. The Morgan fingerprint density at radius 1 is 1.12 bits per heavy atom. The van der Waals surface area contributed by atoms with Gasteiger partial charge >= 0.3 is 0 Å². The van der Waals surface area contributed by atoms with Crippen LogP contribution in [0.1, 0.15) is 47.5 Å². The van der Waals surface area contributed by atoms with E-state index in [-0.39, 0.29) is 5.60 Å². The molecule has 2 heterocycles. The maximum absolute atomic E-state index is 6.27. The third-order valence-corrected chi connectivity index (χ3v) is 5.27. The summed E-state index contributed by atoms with van der Waals surface area (Å²) in [5.74, 6) is 2.25. The van der Waals surface area contributed by atoms with E-state index in [0.29, 0.717) is 6.04 Å². The van der Waals surface area contributed by atoms with Crippen LogP contribution in [0.3, 0.4) is 0 Å². The van der Waals surface area contributed by atoms with Crippen LogP contribution in [0, 0.1) is 17.8 Å². The number of nitrogens with zero attached hydrogens (tertiary/aromatic N) is 1. The Hall–Kier alpha value is -0.0800. The monoisotopic (exact) mass is 239 g/mol. The molecule has 0 bridgehead atoms. The second-order valence-electron chi connectivity index (χ2n) is 6.70. The summed E-state index contributed by atoms with van der Waals surface area (Å²) in [6, 6.07) is 0.685. The van der Waals surface area contributed by atoms with E-state index in [1.165, 1.54) is 25.9 Å². The molecule has 0 saturated carbocycles. The van der Waals surface area contributed by atoms with E-state index in [9.17, 15) is 0 Å². The molecule has 0 aromatic carbocycles. The van der Waals surface area contributed by atoms with Gasteiger partial charge in [-0.1, -0.05) is 20.8 Å². The number of ether oxygens (including phenoxy) is 1. The molecule has 2 fully saturated rings. The molecule has 2 aliphatic rings. The van der Waals surface area contributed by atoms with Gasteiger partial charge in [-0.05, 0) is 44.4 Å². The van der Waals surface area contributed by atoms with Gasteiger partial charge in [-0.15, -0.1) is 0 Å². The summed E-state index contributed by atoms with van der Waals surface area (Å²) in [4.78, 5) is 2.59. The minimum atomic E-state index is 0.209. The second kappa shape index (κ2) is 4.89. The van der Waals surface area contributed by atoms with Crippen LogP contribution >= 0.6 is 0 Å². The minimum absolute atomic E-state index is 0.209. The van der Waals surface area contributed by atoms with Gasteiger partial charge in [0.25, 0.3) is 0 Å². The van der Waals surface area contributed by atoms with Gasteiger partial charge in [0, 0.05) is 19.1 Å². The van der Waals surface area contributed by atoms with Gasteiger partial charge in [0.2, 0.25) is 0 Å². The van der Waals surface area contributed by atoms with Gasteiger partial charge in [0.15, 0.2) is 0 Å². The van der Waals surface area contributed by atoms with Crippen molar-refractivity contribution >= 4 is 0 Å². The van der Waals surface area contributed by atoms with Gasteiger partial charge in [0.1, 0.15) is 0 Å². The van der Waals surface area contributed by atoms with Crippen molar-refractivity contribution in [2.75, 3.05) is 19.7 Å². The van der Waals surface area contributed by atoms with Gasteiger partial charge in [-0.2, -0.15) is 0 Å². The third kappa shape index (κ3) is 2.39. The van der Waals surface area contributed by atoms with Crippen molar-refractivity contribution in [3.63, 3.8) is 0 Å². The Morgan fingerprint density at radius 3 is 2.12 bits per heavy atom. The maximum atomic E-state index is 6.27. The highest BCUT2D eigenvalue weighted by atomic mass is 16.5. The summed E-state index contributed by atoms with van der Waals surface area (Å²) in [7, 11) is 0. The van der Waals surface area contributed by atoms with E-state index in [4.69, 9.17) is 4.74 Å². The molecule has 2 aliphatic heterocycles. The summed E-state index contributed by atoms with van der Waals surface area (Å²) in [6.45, 7) is 15.1. The van der Waals surface area contributed by atoms with E-state index in [2.05, 4.69) is 39.5 Å². The first-order valence-corrected chi connectivity index (χ1v) is 7.34. The molecule has 2 rings (SSSR count). The van der Waals surface area contributed by atoms with Crippen LogP contribution in [0.4, 0.5) is 0 Å². The van der Waals surface area contributed by atoms with E-state index >= 15 is 0 Å². The largest absolute Gasteiger partial charge is 0.374 e. The SMILES string of the molecule is CC(C)C1COC2(CCN(C(C)C)CC2)C1C. The molecule has 0 aliphatic carbocycles.